The number of nitrogens with one attached hydrogen (secondary N) is 1. The number of amides is 1. The second-order valence-corrected chi connectivity index (χ2v) is 4.93. The van der Waals surface area contributed by atoms with Crippen molar-refractivity contribution in [2.75, 3.05) is 25.0 Å². The summed E-state index contributed by atoms with van der Waals surface area (Å²) >= 11 is 0. The van der Waals surface area contributed by atoms with Crippen LogP contribution in [-0.4, -0.2) is 40.9 Å². The van der Waals surface area contributed by atoms with Gasteiger partial charge in [-0.2, -0.15) is 0 Å². The number of anilines is 1. The summed E-state index contributed by atoms with van der Waals surface area (Å²) in [5, 5.41) is 3.29. The van der Waals surface area contributed by atoms with Crippen LogP contribution in [-0.2, 0) is 4.79 Å². The van der Waals surface area contributed by atoms with Crippen LogP contribution in [0.25, 0.3) is 0 Å². The minimum atomic E-state index is 0.603. The maximum Gasteiger partial charge on any atom is 0.222 e. The van der Waals surface area contributed by atoms with Gasteiger partial charge in [-0.15, -0.1) is 0 Å². The van der Waals surface area contributed by atoms with E-state index >= 15 is 0 Å². The zero-order chi connectivity index (χ0) is 13.0. The van der Waals surface area contributed by atoms with Crippen molar-refractivity contribution in [2.45, 2.75) is 26.7 Å². The Labute approximate surface area is 108 Å². The van der Waals surface area contributed by atoms with E-state index in [-0.39, 0.29) is 0 Å². The van der Waals surface area contributed by atoms with Crippen molar-refractivity contribution < 1.29 is 4.79 Å². The molecule has 98 valence electrons. The van der Waals surface area contributed by atoms with Crippen LogP contribution in [0.3, 0.4) is 0 Å². The maximum atomic E-state index is 10.6. The molecule has 1 amide bonds. The molecule has 1 aliphatic rings. The number of piperidine rings is 1. The number of rotatable bonds is 4. The number of hydrogen-bond donors (Lipinski definition) is 1. The van der Waals surface area contributed by atoms with Crippen LogP contribution >= 0.6 is 0 Å². The number of likely N-dealkylation sites (tertiary alicyclic amines) is 1. The van der Waals surface area contributed by atoms with Gasteiger partial charge >= 0.3 is 0 Å². The summed E-state index contributed by atoms with van der Waals surface area (Å²) in [6.45, 7) is 6.61. The van der Waals surface area contributed by atoms with E-state index in [2.05, 4.69) is 15.3 Å². The first-order valence-electron chi connectivity index (χ1n) is 6.42. The molecule has 1 aromatic heterocycles. The van der Waals surface area contributed by atoms with Gasteiger partial charge in [0.2, 0.25) is 12.4 Å². The molecule has 0 unspecified atom stereocenters. The van der Waals surface area contributed by atoms with Gasteiger partial charge in [-0.05, 0) is 38.2 Å². The molecule has 1 aromatic rings. The quantitative estimate of drug-likeness (QED) is 0.818. The van der Waals surface area contributed by atoms with E-state index in [1.54, 1.807) is 0 Å². The lowest BCUT2D eigenvalue weighted by Crippen LogP contribution is -2.34. The molecule has 1 aliphatic heterocycles. The van der Waals surface area contributed by atoms with Gasteiger partial charge in [-0.25, -0.2) is 9.97 Å². The largest absolute Gasteiger partial charge is 0.354 e. The van der Waals surface area contributed by atoms with E-state index in [4.69, 9.17) is 0 Å². The second-order valence-electron chi connectivity index (χ2n) is 4.93. The Hall–Kier alpha value is -1.65. The van der Waals surface area contributed by atoms with Gasteiger partial charge in [0.05, 0.1) is 0 Å². The van der Waals surface area contributed by atoms with Crippen LogP contribution in [0.15, 0.2) is 6.20 Å². The van der Waals surface area contributed by atoms with Gasteiger partial charge in [-0.1, -0.05) is 0 Å². The Morgan fingerprint density at radius 3 is 2.78 bits per heavy atom. The Kier molecular flexibility index (Phi) is 4.12. The highest BCUT2D eigenvalue weighted by atomic mass is 16.1. The van der Waals surface area contributed by atoms with Crippen LogP contribution in [0.2, 0.25) is 0 Å². The average Bonchev–Trinajstić information content (AvgIpc) is 2.41. The van der Waals surface area contributed by atoms with Crippen molar-refractivity contribution >= 4 is 12.4 Å². The standard InChI is InChI=1S/C13H20N4O/c1-10-7-14-13(16-11(10)2)15-8-12-3-5-17(9-18)6-4-12/h7,9,12H,3-6,8H2,1-2H3,(H,14,15,16). The first kappa shape index (κ1) is 12.8. The lowest BCUT2D eigenvalue weighted by Gasteiger charge is -2.29. The molecule has 2 rings (SSSR count). The van der Waals surface area contributed by atoms with Crippen LogP contribution in [0.5, 0.6) is 0 Å². The smallest absolute Gasteiger partial charge is 0.222 e. The molecule has 5 heteroatoms. The topological polar surface area (TPSA) is 58.1 Å². The van der Waals surface area contributed by atoms with Gasteiger partial charge < -0.3 is 10.2 Å². The molecule has 0 atom stereocenters. The van der Waals surface area contributed by atoms with E-state index in [1.165, 1.54) is 0 Å². The summed E-state index contributed by atoms with van der Waals surface area (Å²) in [5.41, 5.74) is 2.13. The third kappa shape index (κ3) is 3.18. The first-order valence-corrected chi connectivity index (χ1v) is 6.42. The van der Waals surface area contributed by atoms with E-state index in [0.717, 1.165) is 50.1 Å². The first-order chi connectivity index (χ1) is 8.69. The molecular formula is C13H20N4O. The van der Waals surface area contributed by atoms with Gasteiger partial charge in [-0.3, -0.25) is 4.79 Å². The molecule has 0 bridgehead atoms. The van der Waals surface area contributed by atoms with Gasteiger partial charge in [0.25, 0.3) is 0 Å². The molecule has 18 heavy (non-hydrogen) atoms. The van der Waals surface area contributed by atoms with Gasteiger partial charge in [0.1, 0.15) is 0 Å². The molecule has 1 fully saturated rings. The minimum Gasteiger partial charge on any atom is -0.354 e. The fraction of sp³-hybridized carbons (Fsp3) is 0.615. The lowest BCUT2D eigenvalue weighted by atomic mass is 9.97. The Balaban J connectivity index is 1.81. The summed E-state index contributed by atoms with van der Waals surface area (Å²) in [5.74, 6) is 1.31. The third-order valence-electron chi connectivity index (χ3n) is 3.57. The fourth-order valence-corrected chi connectivity index (χ4v) is 2.11. The van der Waals surface area contributed by atoms with E-state index in [9.17, 15) is 4.79 Å². The highest BCUT2D eigenvalue weighted by molar-refractivity contribution is 5.47. The van der Waals surface area contributed by atoms with Crippen molar-refractivity contribution in [1.29, 1.82) is 0 Å². The summed E-state index contributed by atoms with van der Waals surface area (Å²) in [6, 6.07) is 0. The Morgan fingerprint density at radius 2 is 2.17 bits per heavy atom. The number of aromatic nitrogens is 2. The van der Waals surface area contributed by atoms with E-state index in [1.807, 2.05) is 24.9 Å². The van der Waals surface area contributed by atoms with E-state index in [0.29, 0.717) is 11.9 Å². The molecule has 0 radical (unpaired) electrons. The van der Waals surface area contributed by atoms with Crippen molar-refractivity contribution in [3.63, 3.8) is 0 Å². The molecule has 0 spiro atoms. The highest BCUT2D eigenvalue weighted by Crippen LogP contribution is 2.16. The zero-order valence-corrected chi connectivity index (χ0v) is 11.0. The Morgan fingerprint density at radius 1 is 1.44 bits per heavy atom. The number of carbonyl (C=O) groups excluding carboxylic acids is 1. The van der Waals surface area contributed by atoms with Crippen molar-refractivity contribution in [1.82, 2.24) is 14.9 Å². The predicted octanol–water partition coefficient (Wildman–Crippen LogP) is 1.37. The van der Waals surface area contributed by atoms with Crippen molar-refractivity contribution in [2.24, 2.45) is 5.92 Å². The summed E-state index contributed by atoms with van der Waals surface area (Å²) in [4.78, 5) is 21.1. The SMILES string of the molecule is Cc1cnc(NCC2CCN(C=O)CC2)nc1C. The number of aryl methyl sites for hydroxylation is 2. The van der Waals surface area contributed by atoms with Crippen molar-refractivity contribution in [3.8, 4) is 0 Å². The highest BCUT2D eigenvalue weighted by Gasteiger charge is 2.17. The van der Waals surface area contributed by atoms with Gasteiger partial charge in [0.15, 0.2) is 0 Å². The monoisotopic (exact) mass is 248 g/mol. The second kappa shape index (κ2) is 5.80. The molecule has 0 saturated carbocycles. The van der Waals surface area contributed by atoms with Gasteiger partial charge in [0, 0.05) is 31.5 Å². The summed E-state index contributed by atoms with van der Waals surface area (Å²) < 4.78 is 0. The number of carbonyl (C=O) groups is 1. The Bertz CT molecular complexity index is 413. The van der Waals surface area contributed by atoms with Crippen LogP contribution in [0, 0.1) is 19.8 Å². The average molecular weight is 248 g/mol. The van der Waals surface area contributed by atoms with Crippen molar-refractivity contribution in [3.05, 3.63) is 17.5 Å². The molecule has 1 saturated heterocycles. The minimum absolute atomic E-state index is 0.603. The summed E-state index contributed by atoms with van der Waals surface area (Å²) in [7, 11) is 0. The van der Waals surface area contributed by atoms with Crippen LogP contribution < -0.4 is 5.32 Å². The predicted molar refractivity (Wildman–Crippen MR) is 70.4 cm³/mol. The summed E-state index contributed by atoms with van der Waals surface area (Å²) in [6.07, 6.45) is 4.89. The molecular weight excluding hydrogens is 228 g/mol. The van der Waals surface area contributed by atoms with E-state index < -0.39 is 0 Å². The fourth-order valence-electron chi connectivity index (χ4n) is 2.11. The molecule has 0 aromatic carbocycles. The normalized spacial score (nSPS) is 16.7. The number of nitrogens with zero attached hydrogens (tertiary/aromatic N) is 3. The molecule has 2 heterocycles. The molecule has 0 aliphatic carbocycles. The maximum absolute atomic E-state index is 10.6. The number of hydrogen-bond acceptors (Lipinski definition) is 4. The van der Waals surface area contributed by atoms with Crippen LogP contribution in [0.4, 0.5) is 5.95 Å². The zero-order valence-electron chi connectivity index (χ0n) is 11.0. The third-order valence-corrected chi connectivity index (χ3v) is 3.57. The van der Waals surface area contributed by atoms with Crippen LogP contribution in [0.1, 0.15) is 24.1 Å². The molecule has 5 nitrogen and oxygen atoms in total. The lowest BCUT2D eigenvalue weighted by molar-refractivity contribution is -0.119. The molecule has 1 N–H and O–H groups in total.